The predicted octanol–water partition coefficient (Wildman–Crippen LogP) is 3.40. The molecule has 0 amide bonds. The summed E-state index contributed by atoms with van der Waals surface area (Å²) in [5.74, 6) is -0.0282. The van der Waals surface area contributed by atoms with Gasteiger partial charge in [0.15, 0.2) is 5.78 Å². The van der Waals surface area contributed by atoms with Gasteiger partial charge < -0.3 is 15.8 Å². The number of para-hydroxylation sites is 1. The van der Waals surface area contributed by atoms with Crippen LogP contribution < -0.4 is 11.1 Å². The topological polar surface area (TPSA) is 64.3 Å². The van der Waals surface area contributed by atoms with Gasteiger partial charge in [-0.25, -0.2) is 0 Å². The predicted molar refractivity (Wildman–Crippen MR) is 86.2 cm³/mol. The standard InChI is InChI=1S/C17H20N2O2/c1-12(20)15-8-7-14(11-16(15)18)19-17-6-4-3-5-13(17)9-10-21-2/h3-8,11,19H,9-10,18H2,1-2H3. The molecule has 0 fully saturated rings. The van der Waals surface area contributed by atoms with Crippen molar-refractivity contribution < 1.29 is 9.53 Å². The molecule has 2 rings (SSSR count). The summed E-state index contributed by atoms with van der Waals surface area (Å²) in [4.78, 5) is 11.4. The molecular formula is C17H20N2O2. The van der Waals surface area contributed by atoms with Crippen molar-refractivity contribution in [3.8, 4) is 0 Å². The quantitative estimate of drug-likeness (QED) is 0.630. The zero-order valence-corrected chi connectivity index (χ0v) is 12.3. The molecule has 0 aromatic heterocycles. The molecule has 4 heteroatoms. The van der Waals surface area contributed by atoms with Crippen LogP contribution in [0.5, 0.6) is 0 Å². The second-order valence-electron chi connectivity index (χ2n) is 4.88. The lowest BCUT2D eigenvalue weighted by atomic mass is 10.1. The third-order valence-corrected chi connectivity index (χ3v) is 3.30. The van der Waals surface area contributed by atoms with E-state index in [4.69, 9.17) is 10.5 Å². The van der Waals surface area contributed by atoms with Crippen LogP contribution in [0.2, 0.25) is 0 Å². The number of hydrogen-bond donors (Lipinski definition) is 2. The van der Waals surface area contributed by atoms with Crippen LogP contribution >= 0.6 is 0 Å². The number of carbonyl (C=O) groups is 1. The lowest BCUT2D eigenvalue weighted by Gasteiger charge is -2.13. The van der Waals surface area contributed by atoms with Gasteiger partial charge in [-0.05, 0) is 43.2 Å². The van der Waals surface area contributed by atoms with Gasteiger partial charge in [-0.2, -0.15) is 0 Å². The Hall–Kier alpha value is -2.33. The summed E-state index contributed by atoms with van der Waals surface area (Å²) < 4.78 is 5.13. The smallest absolute Gasteiger partial charge is 0.161 e. The normalized spacial score (nSPS) is 10.4. The van der Waals surface area contributed by atoms with Crippen molar-refractivity contribution in [3.05, 3.63) is 53.6 Å². The number of hydrogen-bond acceptors (Lipinski definition) is 4. The highest BCUT2D eigenvalue weighted by atomic mass is 16.5. The van der Waals surface area contributed by atoms with E-state index in [0.29, 0.717) is 17.9 Å². The monoisotopic (exact) mass is 284 g/mol. The maximum Gasteiger partial charge on any atom is 0.161 e. The molecule has 4 nitrogen and oxygen atoms in total. The first-order valence-electron chi connectivity index (χ1n) is 6.86. The Balaban J connectivity index is 2.22. The molecule has 0 heterocycles. The third-order valence-electron chi connectivity index (χ3n) is 3.30. The van der Waals surface area contributed by atoms with E-state index in [1.165, 1.54) is 12.5 Å². The second-order valence-corrected chi connectivity index (χ2v) is 4.88. The first-order chi connectivity index (χ1) is 10.1. The number of nitrogen functional groups attached to an aromatic ring is 1. The first-order valence-corrected chi connectivity index (χ1v) is 6.86. The average molecular weight is 284 g/mol. The number of rotatable bonds is 6. The molecule has 0 spiro atoms. The van der Waals surface area contributed by atoms with E-state index in [0.717, 1.165) is 17.8 Å². The third kappa shape index (κ3) is 3.83. The van der Waals surface area contributed by atoms with Crippen LogP contribution in [0.25, 0.3) is 0 Å². The van der Waals surface area contributed by atoms with Crippen LogP contribution in [-0.4, -0.2) is 19.5 Å². The van der Waals surface area contributed by atoms with Crippen molar-refractivity contribution in [2.75, 3.05) is 24.8 Å². The SMILES string of the molecule is COCCc1ccccc1Nc1ccc(C(C)=O)c(N)c1. The van der Waals surface area contributed by atoms with E-state index >= 15 is 0 Å². The number of nitrogens with one attached hydrogen (secondary N) is 1. The van der Waals surface area contributed by atoms with Crippen molar-refractivity contribution >= 4 is 22.8 Å². The largest absolute Gasteiger partial charge is 0.398 e. The van der Waals surface area contributed by atoms with Crippen LogP contribution in [0.3, 0.4) is 0 Å². The van der Waals surface area contributed by atoms with Gasteiger partial charge in [-0.3, -0.25) is 4.79 Å². The number of methoxy groups -OCH3 is 1. The van der Waals surface area contributed by atoms with Gasteiger partial charge in [0.25, 0.3) is 0 Å². The number of benzene rings is 2. The van der Waals surface area contributed by atoms with E-state index in [9.17, 15) is 4.79 Å². The molecular weight excluding hydrogens is 264 g/mol. The summed E-state index contributed by atoms with van der Waals surface area (Å²) in [6.45, 7) is 2.18. The molecule has 3 N–H and O–H groups in total. The van der Waals surface area contributed by atoms with Crippen LogP contribution in [0.15, 0.2) is 42.5 Å². The van der Waals surface area contributed by atoms with E-state index in [-0.39, 0.29) is 5.78 Å². The Morgan fingerprint density at radius 3 is 2.67 bits per heavy atom. The average Bonchev–Trinajstić information content (AvgIpc) is 2.46. The van der Waals surface area contributed by atoms with Gasteiger partial charge in [0.2, 0.25) is 0 Å². The number of carbonyl (C=O) groups excluding carboxylic acids is 1. The Bertz CT molecular complexity index is 638. The van der Waals surface area contributed by atoms with Crippen LogP contribution in [0.1, 0.15) is 22.8 Å². The molecule has 2 aromatic carbocycles. The van der Waals surface area contributed by atoms with Gasteiger partial charge in [0.05, 0.1) is 6.61 Å². The summed E-state index contributed by atoms with van der Waals surface area (Å²) in [7, 11) is 1.69. The molecule has 0 radical (unpaired) electrons. The fraction of sp³-hybridized carbons (Fsp3) is 0.235. The van der Waals surface area contributed by atoms with Crippen molar-refractivity contribution in [1.82, 2.24) is 0 Å². The molecule has 0 aliphatic heterocycles. The minimum Gasteiger partial charge on any atom is -0.398 e. The van der Waals surface area contributed by atoms with E-state index in [2.05, 4.69) is 11.4 Å². The minimum absolute atomic E-state index is 0.0282. The summed E-state index contributed by atoms with van der Waals surface area (Å²) >= 11 is 0. The summed E-state index contributed by atoms with van der Waals surface area (Å²) in [5.41, 5.74) is 10.0. The zero-order chi connectivity index (χ0) is 15.2. The van der Waals surface area contributed by atoms with Crippen LogP contribution in [0, 0.1) is 0 Å². The minimum atomic E-state index is -0.0282. The van der Waals surface area contributed by atoms with Gasteiger partial charge in [-0.1, -0.05) is 18.2 Å². The lowest BCUT2D eigenvalue weighted by molar-refractivity contribution is 0.101. The summed E-state index contributed by atoms with van der Waals surface area (Å²) in [6, 6.07) is 13.5. The number of Topliss-reactive ketones (excluding diaryl/α,β-unsaturated/α-hetero) is 1. The molecule has 21 heavy (non-hydrogen) atoms. The molecule has 110 valence electrons. The Kier molecular flexibility index (Phi) is 4.95. The molecule has 2 aromatic rings. The van der Waals surface area contributed by atoms with Crippen LogP contribution in [0.4, 0.5) is 17.1 Å². The zero-order valence-electron chi connectivity index (χ0n) is 12.3. The molecule has 0 unspecified atom stereocenters. The summed E-state index contributed by atoms with van der Waals surface area (Å²) in [6.07, 6.45) is 0.834. The fourth-order valence-corrected chi connectivity index (χ4v) is 2.19. The maximum atomic E-state index is 11.4. The number of ether oxygens (including phenoxy) is 1. The molecule has 0 atom stereocenters. The van der Waals surface area contributed by atoms with E-state index in [1.807, 2.05) is 24.3 Å². The van der Waals surface area contributed by atoms with E-state index in [1.54, 1.807) is 19.2 Å². The van der Waals surface area contributed by atoms with Gasteiger partial charge >= 0.3 is 0 Å². The lowest BCUT2D eigenvalue weighted by Crippen LogP contribution is -2.03. The van der Waals surface area contributed by atoms with Crippen molar-refractivity contribution in [2.45, 2.75) is 13.3 Å². The fourth-order valence-electron chi connectivity index (χ4n) is 2.19. The highest BCUT2D eigenvalue weighted by Crippen LogP contribution is 2.24. The Morgan fingerprint density at radius 2 is 2.00 bits per heavy atom. The van der Waals surface area contributed by atoms with Crippen molar-refractivity contribution in [3.63, 3.8) is 0 Å². The number of ketones is 1. The van der Waals surface area contributed by atoms with E-state index < -0.39 is 0 Å². The van der Waals surface area contributed by atoms with Crippen molar-refractivity contribution in [2.24, 2.45) is 0 Å². The molecule has 0 aliphatic rings. The van der Waals surface area contributed by atoms with Gasteiger partial charge in [0, 0.05) is 29.7 Å². The number of anilines is 3. The van der Waals surface area contributed by atoms with Crippen LogP contribution in [-0.2, 0) is 11.2 Å². The number of nitrogens with two attached hydrogens (primary N) is 1. The molecule has 0 aliphatic carbocycles. The Morgan fingerprint density at radius 1 is 1.24 bits per heavy atom. The highest BCUT2D eigenvalue weighted by Gasteiger charge is 2.07. The summed E-state index contributed by atoms with van der Waals surface area (Å²) in [5, 5.41) is 3.34. The molecule has 0 saturated carbocycles. The maximum absolute atomic E-state index is 11.4. The molecule has 0 bridgehead atoms. The Labute approximate surface area is 124 Å². The highest BCUT2D eigenvalue weighted by molar-refractivity contribution is 5.99. The first kappa shape index (κ1) is 15.1. The van der Waals surface area contributed by atoms with Crippen molar-refractivity contribution in [1.29, 1.82) is 0 Å². The second kappa shape index (κ2) is 6.90. The molecule has 0 saturated heterocycles. The van der Waals surface area contributed by atoms with Gasteiger partial charge in [0.1, 0.15) is 0 Å². The van der Waals surface area contributed by atoms with Gasteiger partial charge in [-0.15, -0.1) is 0 Å².